The Balaban J connectivity index is 1.91. The van der Waals surface area contributed by atoms with Gasteiger partial charge in [-0.3, -0.25) is 4.90 Å². The number of aliphatic carboxylic acids is 1. The Labute approximate surface area is 122 Å². The molecule has 2 rings (SSSR count). The molecule has 1 N–H and O–H groups in total. The average Bonchev–Trinajstić information content (AvgIpc) is 2.85. The van der Waals surface area contributed by atoms with Crippen LogP contribution in [0.4, 0.5) is 0 Å². The summed E-state index contributed by atoms with van der Waals surface area (Å²) in [7, 11) is 2.08. The van der Waals surface area contributed by atoms with Crippen LogP contribution >= 0.6 is 11.3 Å². The second kappa shape index (κ2) is 7.03. The van der Waals surface area contributed by atoms with E-state index in [-0.39, 0.29) is 0 Å². The molecule has 3 nitrogen and oxygen atoms in total. The number of benzene rings is 1. The van der Waals surface area contributed by atoms with Crippen LogP contribution in [-0.2, 0) is 17.9 Å². The molecule has 0 aliphatic carbocycles. The third kappa shape index (κ3) is 4.64. The summed E-state index contributed by atoms with van der Waals surface area (Å²) in [6.07, 6.45) is 2.79. The van der Waals surface area contributed by atoms with Gasteiger partial charge in [-0.05, 0) is 35.7 Å². The molecular formula is C16H17NO2S. The maximum absolute atomic E-state index is 10.5. The first-order valence-electron chi connectivity index (χ1n) is 6.34. The maximum Gasteiger partial charge on any atom is 0.328 e. The van der Waals surface area contributed by atoms with Gasteiger partial charge in [0.1, 0.15) is 0 Å². The van der Waals surface area contributed by atoms with E-state index in [1.807, 2.05) is 29.6 Å². The molecule has 0 atom stereocenters. The van der Waals surface area contributed by atoms with Gasteiger partial charge in [0.15, 0.2) is 0 Å². The smallest absolute Gasteiger partial charge is 0.328 e. The lowest BCUT2D eigenvalue weighted by atomic mass is 10.2. The minimum atomic E-state index is -0.918. The molecule has 0 amide bonds. The summed E-state index contributed by atoms with van der Waals surface area (Å²) < 4.78 is 0. The van der Waals surface area contributed by atoms with Crippen molar-refractivity contribution in [1.82, 2.24) is 4.90 Å². The lowest BCUT2D eigenvalue weighted by Crippen LogP contribution is -2.16. The summed E-state index contributed by atoms with van der Waals surface area (Å²) in [6.45, 7) is 1.76. The fraction of sp³-hybridized carbons (Fsp3) is 0.188. The predicted octanol–water partition coefficient (Wildman–Crippen LogP) is 3.48. The van der Waals surface area contributed by atoms with Gasteiger partial charge in [-0.1, -0.05) is 30.3 Å². The van der Waals surface area contributed by atoms with Gasteiger partial charge in [-0.25, -0.2) is 4.79 Å². The summed E-state index contributed by atoms with van der Waals surface area (Å²) >= 11 is 1.65. The van der Waals surface area contributed by atoms with Crippen molar-refractivity contribution in [1.29, 1.82) is 0 Å². The molecule has 1 heterocycles. The van der Waals surface area contributed by atoms with Crippen molar-refractivity contribution < 1.29 is 9.90 Å². The number of hydrogen-bond donors (Lipinski definition) is 1. The van der Waals surface area contributed by atoms with E-state index in [4.69, 9.17) is 5.11 Å². The van der Waals surface area contributed by atoms with Crippen molar-refractivity contribution in [3.05, 3.63) is 63.9 Å². The second-order valence-electron chi connectivity index (χ2n) is 4.68. The standard InChI is InChI=1S/C16H17NO2S/c1-17(10-13-5-3-2-4-6-13)11-15-9-14(12-20-15)7-8-16(18)19/h2-9,12H,10-11H2,1H3,(H,18,19). The third-order valence-corrected chi connectivity index (χ3v) is 3.75. The van der Waals surface area contributed by atoms with Crippen molar-refractivity contribution in [2.45, 2.75) is 13.1 Å². The molecule has 4 heteroatoms. The van der Waals surface area contributed by atoms with Crippen LogP contribution in [-0.4, -0.2) is 23.0 Å². The molecule has 0 fully saturated rings. The van der Waals surface area contributed by atoms with Gasteiger partial charge in [0.2, 0.25) is 0 Å². The number of thiophene rings is 1. The third-order valence-electron chi connectivity index (χ3n) is 2.81. The predicted molar refractivity (Wildman–Crippen MR) is 82.6 cm³/mol. The Bertz CT molecular complexity index is 590. The first-order chi connectivity index (χ1) is 9.63. The molecule has 2 aromatic rings. The summed E-state index contributed by atoms with van der Waals surface area (Å²) in [5.41, 5.74) is 2.23. The van der Waals surface area contributed by atoms with Crippen molar-refractivity contribution in [3.63, 3.8) is 0 Å². The van der Waals surface area contributed by atoms with E-state index in [1.165, 1.54) is 16.5 Å². The van der Waals surface area contributed by atoms with Gasteiger partial charge in [-0.2, -0.15) is 0 Å². The molecule has 1 aromatic carbocycles. The molecule has 0 aliphatic rings. The molecular weight excluding hydrogens is 270 g/mol. The number of hydrogen-bond acceptors (Lipinski definition) is 3. The van der Waals surface area contributed by atoms with Gasteiger partial charge < -0.3 is 5.11 Å². The average molecular weight is 287 g/mol. The van der Waals surface area contributed by atoms with Gasteiger partial charge >= 0.3 is 5.97 Å². The fourth-order valence-corrected chi connectivity index (χ4v) is 2.89. The highest BCUT2D eigenvalue weighted by Gasteiger charge is 2.04. The van der Waals surface area contributed by atoms with E-state index >= 15 is 0 Å². The highest BCUT2D eigenvalue weighted by atomic mass is 32.1. The van der Waals surface area contributed by atoms with Crippen LogP contribution < -0.4 is 0 Å². The normalized spacial score (nSPS) is 11.3. The number of carboxylic acids is 1. The van der Waals surface area contributed by atoms with E-state index in [0.29, 0.717) is 0 Å². The van der Waals surface area contributed by atoms with Gasteiger partial charge in [-0.15, -0.1) is 11.3 Å². The Morgan fingerprint density at radius 1 is 1.30 bits per heavy atom. The molecule has 0 bridgehead atoms. The molecule has 20 heavy (non-hydrogen) atoms. The van der Waals surface area contributed by atoms with E-state index in [9.17, 15) is 4.79 Å². The quantitative estimate of drug-likeness (QED) is 0.827. The zero-order valence-corrected chi connectivity index (χ0v) is 12.1. The highest BCUT2D eigenvalue weighted by Crippen LogP contribution is 2.18. The Kier molecular flexibility index (Phi) is 5.09. The van der Waals surface area contributed by atoms with Crippen LogP contribution in [0.25, 0.3) is 6.08 Å². The largest absolute Gasteiger partial charge is 0.478 e. The molecule has 1 aromatic heterocycles. The van der Waals surface area contributed by atoms with E-state index in [1.54, 1.807) is 17.4 Å². The highest BCUT2D eigenvalue weighted by molar-refractivity contribution is 7.10. The number of carboxylic acid groups (broad SMARTS) is 1. The summed E-state index contributed by atoms with van der Waals surface area (Å²) in [4.78, 5) is 13.9. The van der Waals surface area contributed by atoms with Crippen LogP contribution in [0.5, 0.6) is 0 Å². The second-order valence-corrected chi connectivity index (χ2v) is 5.67. The molecule has 0 radical (unpaired) electrons. The lowest BCUT2D eigenvalue weighted by molar-refractivity contribution is -0.131. The minimum Gasteiger partial charge on any atom is -0.478 e. The number of rotatable bonds is 6. The van der Waals surface area contributed by atoms with Gasteiger partial charge in [0.25, 0.3) is 0 Å². The first kappa shape index (κ1) is 14.5. The van der Waals surface area contributed by atoms with Crippen LogP contribution in [0.1, 0.15) is 16.0 Å². The molecule has 0 saturated heterocycles. The van der Waals surface area contributed by atoms with E-state index < -0.39 is 5.97 Å². The summed E-state index contributed by atoms with van der Waals surface area (Å²) in [5, 5.41) is 10.6. The van der Waals surface area contributed by atoms with E-state index in [2.05, 4.69) is 24.1 Å². The van der Waals surface area contributed by atoms with Crippen LogP contribution in [0.15, 0.2) is 47.9 Å². The maximum atomic E-state index is 10.5. The lowest BCUT2D eigenvalue weighted by Gasteiger charge is -2.15. The SMILES string of the molecule is CN(Cc1ccccc1)Cc1cc(C=CC(=O)O)cs1. The summed E-state index contributed by atoms with van der Waals surface area (Å²) in [6, 6.07) is 12.4. The Hall–Kier alpha value is -1.91. The van der Waals surface area contributed by atoms with Crippen molar-refractivity contribution in [2.75, 3.05) is 7.05 Å². The van der Waals surface area contributed by atoms with E-state index in [0.717, 1.165) is 18.7 Å². The molecule has 0 aliphatic heterocycles. The van der Waals surface area contributed by atoms with Crippen LogP contribution in [0.3, 0.4) is 0 Å². The monoisotopic (exact) mass is 287 g/mol. The van der Waals surface area contributed by atoms with Crippen molar-refractivity contribution in [3.8, 4) is 0 Å². The minimum absolute atomic E-state index is 0.862. The molecule has 0 saturated carbocycles. The molecule has 0 unspecified atom stereocenters. The summed E-state index contributed by atoms with van der Waals surface area (Å²) in [5.74, 6) is -0.918. The Morgan fingerprint density at radius 3 is 2.75 bits per heavy atom. The molecule has 0 spiro atoms. The topological polar surface area (TPSA) is 40.5 Å². The fourth-order valence-electron chi connectivity index (χ4n) is 1.95. The van der Waals surface area contributed by atoms with Crippen molar-refractivity contribution in [2.24, 2.45) is 0 Å². The zero-order chi connectivity index (χ0) is 14.4. The van der Waals surface area contributed by atoms with Crippen LogP contribution in [0, 0.1) is 0 Å². The number of carbonyl (C=O) groups is 1. The van der Waals surface area contributed by atoms with Gasteiger partial charge in [0.05, 0.1) is 0 Å². The Morgan fingerprint density at radius 2 is 2.05 bits per heavy atom. The first-order valence-corrected chi connectivity index (χ1v) is 7.22. The zero-order valence-electron chi connectivity index (χ0n) is 11.3. The molecule has 104 valence electrons. The number of nitrogens with zero attached hydrogens (tertiary/aromatic N) is 1. The van der Waals surface area contributed by atoms with Gasteiger partial charge in [0, 0.05) is 24.0 Å². The van der Waals surface area contributed by atoms with Crippen molar-refractivity contribution >= 4 is 23.4 Å². The van der Waals surface area contributed by atoms with Crippen LogP contribution in [0.2, 0.25) is 0 Å².